The maximum Gasteiger partial charge on any atom is 0.176 e. The third kappa shape index (κ3) is 5.02. The molecule has 8 heteroatoms. The molecular weight excluding hydrogens is 387 g/mol. The van der Waals surface area contributed by atoms with E-state index in [-0.39, 0.29) is 5.02 Å². The molecule has 3 rings (SSSR count). The lowest BCUT2D eigenvalue weighted by molar-refractivity contribution is 0.340. The Morgan fingerprint density at radius 3 is 2.70 bits per heavy atom. The van der Waals surface area contributed by atoms with E-state index in [0.717, 1.165) is 17.0 Å². The van der Waals surface area contributed by atoms with Crippen molar-refractivity contribution in [3.8, 4) is 17.0 Å². The second-order valence-electron chi connectivity index (χ2n) is 5.47. The predicted molar refractivity (Wildman–Crippen MR) is 111 cm³/mol. The van der Waals surface area contributed by atoms with E-state index in [4.69, 9.17) is 16.3 Å². The number of hydrogen-bond donors (Lipinski definition) is 2. The summed E-state index contributed by atoms with van der Waals surface area (Å²) in [6.45, 7) is 2.58. The molecule has 0 saturated carbocycles. The fraction of sp³-hybridized carbons (Fsp3) is 0.158. The number of aromatic nitrogens is 2. The number of halogens is 2. The number of amidine groups is 1. The zero-order valence-corrected chi connectivity index (χ0v) is 16.4. The molecule has 2 aromatic carbocycles. The first-order valence-corrected chi connectivity index (χ1v) is 9.82. The lowest BCUT2D eigenvalue weighted by Crippen LogP contribution is -2.06. The van der Waals surface area contributed by atoms with Crippen LogP contribution in [0, 0.1) is 5.82 Å². The molecule has 0 fully saturated rings. The number of benzene rings is 2. The second kappa shape index (κ2) is 8.92. The summed E-state index contributed by atoms with van der Waals surface area (Å²) in [7, 11) is 0. The Morgan fingerprint density at radius 2 is 2.04 bits per heavy atom. The summed E-state index contributed by atoms with van der Waals surface area (Å²) in [4.78, 5) is 4.48. The first kappa shape index (κ1) is 19.3. The lowest BCUT2D eigenvalue weighted by atomic mass is 10.1. The van der Waals surface area contributed by atoms with Gasteiger partial charge in [-0.15, -0.1) is 0 Å². The van der Waals surface area contributed by atoms with Crippen molar-refractivity contribution in [2.75, 3.05) is 18.2 Å². The smallest absolute Gasteiger partial charge is 0.176 e. The van der Waals surface area contributed by atoms with Crippen molar-refractivity contribution in [2.24, 2.45) is 4.99 Å². The van der Waals surface area contributed by atoms with Gasteiger partial charge in [-0.2, -0.15) is 5.10 Å². The van der Waals surface area contributed by atoms with Crippen molar-refractivity contribution in [2.45, 2.75) is 6.92 Å². The van der Waals surface area contributed by atoms with Gasteiger partial charge in [0.25, 0.3) is 0 Å². The first-order chi connectivity index (χ1) is 13.1. The summed E-state index contributed by atoms with van der Waals surface area (Å²) >= 11 is 7.23. The largest absolute Gasteiger partial charge is 0.494 e. The third-order valence-electron chi connectivity index (χ3n) is 3.62. The lowest BCUT2D eigenvalue weighted by Gasteiger charge is -2.07. The monoisotopic (exact) mass is 404 g/mol. The van der Waals surface area contributed by atoms with E-state index in [1.165, 1.54) is 23.9 Å². The van der Waals surface area contributed by atoms with Gasteiger partial charge in [0.15, 0.2) is 11.0 Å². The Morgan fingerprint density at radius 1 is 1.26 bits per heavy atom. The van der Waals surface area contributed by atoms with E-state index in [0.29, 0.717) is 23.3 Å². The van der Waals surface area contributed by atoms with Gasteiger partial charge in [-0.3, -0.25) is 5.10 Å². The van der Waals surface area contributed by atoms with E-state index in [1.807, 2.05) is 43.5 Å². The number of anilines is 1. The molecule has 1 heterocycles. The Kier molecular flexibility index (Phi) is 6.36. The molecule has 0 bridgehead atoms. The molecule has 0 aliphatic carbocycles. The molecule has 27 heavy (non-hydrogen) atoms. The number of rotatable bonds is 5. The highest BCUT2D eigenvalue weighted by Gasteiger charge is 2.07. The van der Waals surface area contributed by atoms with Crippen molar-refractivity contribution in [3.63, 3.8) is 0 Å². The number of hydrogen-bond acceptors (Lipinski definition) is 4. The maximum absolute atomic E-state index is 13.3. The Labute approximate surface area is 166 Å². The van der Waals surface area contributed by atoms with Gasteiger partial charge in [-0.25, -0.2) is 9.38 Å². The third-order valence-corrected chi connectivity index (χ3v) is 4.49. The van der Waals surface area contributed by atoms with Crippen molar-refractivity contribution >= 4 is 40.0 Å². The van der Waals surface area contributed by atoms with Crippen LogP contribution in [0.4, 0.5) is 15.9 Å². The standard InChI is InChI=1S/C19H18ClFN4OS/c1-3-26-14-7-4-12(5-8-14)17-11-18(25-24-17)23-19(27-2)22-13-6-9-16(21)15(20)10-13/h4-11H,3H2,1-2H3,(H2,22,23,24,25). The number of H-pyrrole nitrogens is 1. The first-order valence-electron chi connectivity index (χ1n) is 8.22. The van der Waals surface area contributed by atoms with Crippen LogP contribution in [0.25, 0.3) is 11.3 Å². The highest BCUT2D eigenvalue weighted by atomic mass is 35.5. The van der Waals surface area contributed by atoms with Gasteiger partial charge in [-0.1, -0.05) is 23.4 Å². The Bertz CT molecular complexity index is 943. The molecule has 0 saturated heterocycles. The van der Waals surface area contributed by atoms with Crippen LogP contribution < -0.4 is 10.1 Å². The fourth-order valence-electron chi connectivity index (χ4n) is 2.34. The topological polar surface area (TPSA) is 62.3 Å². The van der Waals surface area contributed by atoms with E-state index in [1.54, 1.807) is 6.07 Å². The zero-order valence-electron chi connectivity index (χ0n) is 14.8. The van der Waals surface area contributed by atoms with Crippen LogP contribution in [-0.2, 0) is 0 Å². The molecule has 3 aromatic rings. The molecule has 0 spiro atoms. The average molecular weight is 405 g/mol. The van der Waals surface area contributed by atoms with Crippen molar-refractivity contribution < 1.29 is 9.13 Å². The van der Waals surface area contributed by atoms with Crippen molar-refractivity contribution in [1.29, 1.82) is 0 Å². The van der Waals surface area contributed by atoms with Gasteiger partial charge in [0.2, 0.25) is 0 Å². The van der Waals surface area contributed by atoms with E-state index in [2.05, 4.69) is 20.5 Å². The summed E-state index contributed by atoms with van der Waals surface area (Å²) in [5.74, 6) is 0.895. The van der Waals surface area contributed by atoms with Crippen LogP contribution in [0.15, 0.2) is 53.5 Å². The minimum Gasteiger partial charge on any atom is -0.494 e. The molecule has 0 amide bonds. The highest BCUT2D eigenvalue weighted by Crippen LogP contribution is 2.25. The van der Waals surface area contributed by atoms with Crippen LogP contribution in [0.2, 0.25) is 5.02 Å². The zero-order chi connectivity index (χ0) is 19.2. The van der Waals surface area contributed by atoms with E-state index < -0.39 is 5.82 Å². The maximum atomic E-state index is 13.3. The van der Waals surface area contributed by atoms with Crippen LogP contribution >= 0.6 is 23.4 Å². The molecule has 0 aliphatic rings. The summed E-state index contributed by atoms with van der Waals surface area (Å²) < 4.78 is 18.7. The molecular formula is C19H18ClFN4OS. The molecule has 1 aromatic heterocycles. The van der Waals surface area contributed by atoms with Crippen LogP contribution in [0.3, 0.4) is 0 Å². The minimum absolute atomic E-state index is 0.0537. The van der Waals surface area contributed by atoms with Gasteiger partial charge in [0.05, 0.1) is 17.3 Å². The molecule has 140 valence electrons. The van der Waals surface area contributed by atoms with Gasteiger partial charge in [0.1, 0.15) is 11.6 Å². The Balaban J connectivity index is 1.76. The minimum atomic E-state index is -0.461. The molecule has 0 unspecified atom stereocenters. The quantitative estimate of drug-likeness (QED) is 0.421. The highest BCUT2D eigenvalue weighted by molar-refractivity contribution is 8.13. The van der Waals surface area contributed by atoms with E-state index in [9.17, 15) is 4.39 Å². The molecule has 5 nitrogen and oxygen atoms in total. The number of thioether (sulfide) groups is 1. The van der Waals surface area contributed by atoms with Crippen LogP contribution in [0.5, 0.6) is 5.75 Å². The van der Waals surface area contributed by atoms with Gasteiger partial charge >= 0.3 is 0 Å². The number of nitrogens with one attached hydrogen (secondary N) is 2. The molecule has 0 radical (unpaired) electrons. The van der Waals surface area contributed by atoms with Crippen molar-refractivity contribution in [1.82, 2.24) is 10.2 Å². The SMILES string of the molecule is CCOc1ccc(-c2cc(N=C(Nc3ccc(F)c(Cl)c3)SC)n[nH]2)cc1. The summed E-state index contributed by atoms with van der Waals surface area (Å²) in [6, 6.07) is 14.0. The Hall–Kier alpha value is -2.51. The van der Waals surface area contributed by atoms with Gasteiger partial charge in [0, 0.05) is 11.8 Å². The number of ether oxygens (including phenoxy) is 1. The van der Waals surface area contributed by atoms with Gasteiger partial charge < -0.3 is 10.1 Å². The van der Waals surface area contributed by atoms with E-state index >= 15 is 0 Å². The second-order valence-corrected chi connectivity index (χ2v) is 6.67. The summed E-state index contributed by atoms with van der Waals surface area (Å²) in [6.07, 6.45) is 1.89. The summed E-state index contributed by atoms with van der Waals surface area (Å²) in [5, 5.41) is 11.0. The number of aliphatic imine (C=N–C) groups is 1. The number of nitrogens with zero attached hydrogens (tertiary/aromatic N) is 2. The van der Waals surface area contributed by atoms with Gasteiger partial charge in [-0.05, 0) is 61.2 Å². The van der Waals surface area contributed by atoms with Crippen LogP contribution in [0.1, 0.15) is 6.92 Å². The molecule has 2 N–H and O–H groups in total. The molecule has 0 aliphatic heterocycles. The predicted octanol–water partition coefficient (Wildman–Crippen LogP) is 5.73. The molecule has 0 atom stereocenters. The number of aromatic amines is 1. The average Bonchev–Trinajstić information content (AvgIpc) is 3.13. The summed E-state index contributed by atoms with van der Waals surface area (Å²) in [5.41, 5.74) is 2.48. The normalized spacial score (nSPS) is 11.5. The van der Waals surface area contributed by atoms with Crippen LogP contribution in [-0.4, -0.2) is 28.2 Å². The fourth-order valence-corrected chi connectivity index (χ4v) is 2.92. The van der Waals surface area contributed by atoms with Crippen molar-refractivity contribution in [3.05, 3.63) is 59.4 Å².